The monoisotopic (exact) mass is 320 g/mol. The minimum atomic E-state index is -1.09. The number of rotatable bonds is 6. The zero-order valence-corrected chi connectivity index (χ0v) is 12.9. The van der Waals surface area contributed by atoms with Gasteiger partial charge in [0.25, 0.3) is 5.91 Å². The molecular weight excluding hydrogens is 300 g/mol. The van der Waals surface area contributed by atoms with Gasteiger partial charge in [-0.3, -0.25) is 9.59 Å². The number of nitrogens with one attached hydrogen (secondary N) is 1. The fourth-order valence-corrected chi connectivity index (χ4v) is 2.42. The van der Waals surface area contributed by atoms with Crippen molar-refractivity contribution in [3.63, 3.8) is 0 Å². The van der Waals surface area contributed by atoms with Gasteiger partial charge >= 0.3 is 5.97 Å². The number of benzene rings is 1. The zero-order valence-electron chi connectivity index (χ0n) is 12.9. The molecule has 1 aliphatic rings. The Morgan fingerprint density at radius 2 is 2.04 bits per heavy atom. The second-order valence-corrected chi connectivity index (χ2v) is 5.35. The van der Waals surface area contributed by atoms with Crippen LogP contribution >= 0.6 is 0 Å². The fourth-order valence-electron chi connectivity index (χ4n) is 2.42. The van der Waals surface area contributed by atoms with Gasteiger partial charge < -0.3 is 20.1 Å². The summed E-state index contributed by atoms with van der Waals surface area (Å²) in [4.78, 5) is 36.8. The number of ether oxygens (including phenoxy) is 1. The summed E-state index contributed by atoms with van der Waals surface area (Å²) in [6.45, 7) is 0.758. The molecule has 0 aliphatic carbocycles. The maximum atomic E-state index is 12.0. The van der Waals surface area contributed by atoms with Crippen molar-refractivity contribution in [1.29, 1.82) is 0 Å². The van der Waals surface area contributed by atoms with Gasteiger partial charge in [-0.05, 0) is 24.1 Å². The van der Waals surface area contributed by atoms with Crippen molar-refractivity contribution in [2.24, 2.45) is 0 Å². The van der Waals surface area contributed by atoms with Crippen LogP contribution in [0.5, 0.6) is 0 Å². The second-order valence-electron chi connectivity index (χ2n) is 5.35. The van der Waals surface area contributed by atoms with E-state index in [0.29, 0.717) is 18.5 Å². The van der Waals surface area contributed by atoms with Crippen LogP contribution in [0.1, 0.15) is 28.8 Å². The smallest absolute Gasteiger partial charge is 0.330 e. The second kappa shape index (κ2) is 7.73. The number of esters is 1. The van der Waals surface area contributed by atoms with Crippen LogP contribution in [0, 0.1) is 0 Å². The normalized spacial score (nSPS) is 15.4. The van der Waals surface area contributed by atoms with Crippen LogP contribution in [0.15, 0.2) is 24.3 Å². The maximum Gasteiger partial charge on any atom is 0.330 e. The van der Waals surface area contributed by atoms with Crippen molar-refractivity contribution < 1.29 is 24.2 Å². The van der Waals surface area contributed by atoms with Gasteiger partial charge in [0.15, 0.2) is 6.04 Å². The SMILES string of the molecule is COC(=O)[C@H](CO)NC(=O)c1ccc(CN2CCCC2=O)cc1. The lowest BCUT2D eigenvalue weighted by Gasteiger charge is -2.16. The summed E-state index contributed by atoms with van der Waals surface area (Å²) in [7, 11) is 1.19. The average Bonchev–Trinajstić information content (AvgIpc) is 2.97. The third-order valence-electron chi connectivity index (χ3n) is 3.73. The van der Waals surface area contributed by atoms with Crippen LogP contribution in [0.25, 0.3) is 0 Å². The molecule has 0 unspecified atom stereocenters. The largest absolute Gasteiger partial charge is 0.467 e. The van der Waals surface area contributed by atoms with Crippen molar-refractivity contribution in [1.82, 2.24) is 10.2 Å². The van der Waals surface area contributed by atoms with E-state index in [1.54, 1.807) is 29.2 Å². The first-order valence-corrected chi connectivity index (χ1v) is 7.41. The summed E-state index contributed by atoms with van der Waals surface area (Å²) < 4.78 is 4.49. The maximum absolute atomic E-state index is 12.0. The van der Waals surface area contributed by atoms with E-state index in [1.807, 2.05) is 0 Å². The van der Waals surface area contributed by atoms with Crippen LogP contribution < -0.4 is 5.32 Å². The minimum Gasteiger partial charge on any atom is -0.467 e. The highest BCUT2D eigenvalue weighted by atomic mass is 16.5. The van der Waals surface area contributed by atoms with Gasteiger partial charge in [-0.15, -0.1) is 0 Å². The van der Waals surface area contributed by atoms with Crippen LogP contribution in [0.4, 0.5) is 0 Å². The molecule has 7 nitrogen and oxygen atoms in total. The Morgan fingerprint density at radius 3 is 2.57 bits per heavy atom. The highest BCUT2D eigenvalue weighted by molar-refractivity contribution is 5.96. The van der Waals surface area contributed by atoms with Gasteiger partial charge in [0.05, 0.1) is 13.7 Å². The Balaban J connectivity index is 1.97. The van der Waals surface area contributed by atoms with Gasteiger partial charge in [0.2, 0.25) is 5.91 Å². The predicted molar refractivity (Wildman–Crippen MR) is 81.4 cm³/mol. The number of methoxy groups -OCH3 is 1. The van der Waals surface area contributed by atoms with Crippen LogP contribution in [-0.4, -0.2) is 54.1 Å². The molecule has 0 aromatic heterocycles. The molecule has 1 heterocycles. The minimum absolute atomic E-state index is 0.149. The number of likely N-dealkylation sites (tertiary alicyclic amines) is 1. The molecule has 0 spiro atoms. The van der Waals surface area contributed by atoms with Gasteiger partial charge in [0, 0.05) is 25.1 Å². The van der Waals surface area contributed by atoms with Gasteiger partial charge in [-0.25, -0.2) is 4.79 Å². The zero-order chi connectivity index (χ0) is 16.8. The third kappa shape index (κ3) is 4.29. The molecule has 0 saturated carbocycles. The molecule has 1 saturated heterocycles. The van der Waals surface area contributed by atoms with E-state index >= 15 is 0 Å². The number of hydrogen-bond donors (Lipinski definition) is 2. The number of aliphatic hydroxyl groups is 1. The Hall–Kier alpha value is -2.41. The van der Waals surface area contributed by atoms with Crippen molar-refractivity contribution in [2.75, 3.05) is 20.3 Å². The molecule has 1 atom stereocenters. The van der Waals surface area contributed by atoms with E-state index in [-0.39, 0.29) is 5.91 Å². The molecule has 2 rings (SSSR count). The van der Waals surface area contributed by atoms with Crippen LogP contribution in [-0.2, 0) is 20.9 Å². The molecule has 2 amide bonds. The Labute approximate surface area is 134 Å². The fraction of sp³-hybridized carbons (Fsp3) is 0.438. The van der Waals surface area contributed by atoms with Crippen LogP contribution in [0.3, 0.4) is 0 Å². The molecule has 1 aliphatic heterocycles. The van der Waals surface area contributed by atoms with Crippen molar-refractivity contribution in [3.05, 3.63) is 35.4 Å². The Morgan fingerprint density at radius 1 is 1.35 bits per heavy atom. The number of aliphatic hydroxyl groups excluding tert-OH is 1. The lowest BCUT2D eigenvalue weighted by molar-refractivity contribution is -0.143. The molecule has 23 heavy (non-hydrogen) atoms. The first-order valence-electron chi connectivity index (χ1n) is 7.41. The van der Waals surface area contributed by atoms with Crippen molar-refractivity contribution in [2.45, 2.75) is 25.4 Å². The van der Waals surface area contributed by atoms with E-state index in [2.05, 4.69) is 10.1 Å². The molecule has 1 fully saturated rings. The highest BCUT2D eigenvalue weighted by Crippen LogP contribution is 2.14. The molecule has 1 aromatic carbocycles. The first kappa shape index (κ1) is 17.0. The van der Waals surface area contributed by atoms with Crippen LogP contribution in [0.2, 0.25) is 0 Å². The van der Waals surface area contributed by atoms with Gasteiger partial charge in [0.1, 0.15) is 0 Å². The average molecular weight is 320 g/mol. The van der Waals surface area contributed by atoms with E-state index in [1.165, 1.54) is 7.11 Å². The molecule has 0 radical (unpaired) electrons. The van der Waals surface area contributed by atoms with Gasteiger partial charge in [-0.2, -0.15) is 0 Å². The molecule has 0 bridgehead atoms. The quantitative estimate of drug-likeness (QED) is 0.723. The van der Waals surface area contributed by atoms with E-state index < -0.39 is 24.5 Å². The van der Waals surface area contributed by atoms with Crippen molar-refractivity contribution >= 4 is 17.8 Å². The summed E-state index contributed by atoms with van der Waals surface area (Å²) in [6, 6.07) is 5.70. The van der Waals surface area contributed by atoms with Crippen molar-refractivity contribution in [3.8, 4) is 0 Å². The molecule has 7 heteroatoms. The third-order valence-corrected chi connectivity index (χ3v) is 3.73. The summed E-state index contributed by atoms with van der Waals surface area (Å²) in [5, 5.41) is 11.5. The lowest BCUT2D eigenvalue weighted by atomic mass is 10.1. The van der Waals surface area contributed by atoms with E-state index in [4.69, 9.17) is 5.11 Å². The summed E-state index contributed by atoms with van der Waals surface area (Å²) in [5.74, 6) is -1.03. The standard InChI is InChI=1S/C16H20N2O5/c1-23-16(22)13(10-19)17-15(21)12-6-4-11(5-7-12)9-18-8-2-3-14(18)20/h4-7,13,19H,2-3,8-10H2,1H3,(H,17,21)/t13-/m0/s1. The number of carbonyl (C=O) groups is 3. The first-order chi connectivity index (χ1) is 11.0. The molecule has 2 N–H and O–H groups in total. The Bertz CT molecular complexity index is 585. The number of carbonyl (C=O) groups excluding carboxylic acids is 3. The predicted octanol–water partition coefficient (Wildman–Crippen LogP) is 0.0727. The molecule has 124 valence electrons. The highest BCUT2D eigenvalue weighted by Gasteiger charge is 2.22. The topological polar surface area (TPSA) is 95.9 Å². The molecule has 1 aromatic rings. The number of nitrogens with zero attached hydrogens (tertiary/aromatic N) is 1. The lowest BCUT2D eigenvalue weighted by Crippen LogP contribution is -2.44. The summed E-state index contributed by atoms with van der Waals surface area (Å²) in [6.07, 6.45) is 1.48. The van der Waals surface area contributed by atoms with E-state index in [9.17, 15) is 14.4 Å². The number of hydrogen-bond acceptors (Lipinski definition) is 5. The van der Waals surface area contributed by atoms with E-state index in [0.717, 1.165) is 18.5 Å². The Kier molecular flexibility index (Phi) is 5.70. The summed E-state index contributed by atoms with van der Waals surface area (Å²) >= 11 is 0. The van der Waals surface area contributed by atoms with Gasteiger partial charge in [-0.1, -0.05) is 12.1 Å². The summed E-state index contributed by atoms with van der Waals surface area (Å²) in [5.41, 5.74) is 1.30. The number of amides is 2. The molecular formula is C16H20N2O5.